The predicted octanol–water partition coefficient (Wildman–Crippen LogP) is 2.77. The highest BCUT2D eigenvalue weighted by Gasteiger charge is 2.12. The number of benzene rings is 1. The number of carbonyl (C=O) groups excluding carboxylic acids is 1. The highest BCUT2D eigenvalue weighted by molar-refractivity contribution is 5.78. The zero-order valence-corrected chi connectivity index (χ0v) is 12.3. The van der Waals surface area contributed by atoms with Crippen LogP contribution in [0.3, 0.4) is 0 Å². The summed E-state index contributed by atoms with van der Waals surface area (Å²) in [6.45, 7) is 2.34. The molecule has 1 aromatic carbocycles. The maximum absolute atomic E-state index is 13.0. The average Bonchev–Trinajstić information content (AvgIpc) is 2.44. The number of halogens is 1. The minimum absolute atomic E-state index is 0.0401. The Bertz CT molecular complexity index is 476. The van der Waals surface area contributed by atoms with Crippen LogP contribution in [0.5, 0.6) is 0 Å². The number of aliphatic carboxylic acids is 1. The molecule has 0 bridgehead atoms. The topological polar surface area (TPSA) is 66.4 Å². The number of hydrogen-bond acceptors (Lipinski definition) is 2. The molecule has 1 rings (SSSR count). The van der Waals surface area contributed by atoms with E-state index in [0.29, 0.717) is 32.2 Å². The first-order chi connectivity index (χ1) is 9.99. The Morgan fingerprint density at radius 2 is 2.10 bits per heavy atom. The molecule has 0 saturated carbocycles. The number of rotatable bonds is 9. The van der Waals surface area contributed by atoms with Crippen LogP contribution in [0.4, 0.5) is 4.39 Å². The fourth-order valence-electron chi connectivity index (χ4n) is 1.99. The number of carbonyl (C=O) groups is 2. The van der Waals surface area contributed by atoms with Crippen molar-refractivity contribution in [3.05, 3.63) is 35.6 Å². The Hall–Kier alpha value is -1.91. The van der Waals surface area contributed by atoms with Gasteiger partial charge in [0.1, 0.15) is 5.82 Å². The van der Waals surface area contributed by atoms with Gasteiger partial charge in [-0.2, -0.15) is 0 Å². The monoisotopic (exact) mass is 295 g/mol. The first kappa shape index (κ1) is 17.1. The van der Waals surface area contributed by atoms with E-state index >= 15 is 0 Å². The van der Waals surface area contributed by atoms with Crippen molar-refractivity contribution < 1.29 is 19.1 Å². The molecule has 0 heterocycles. The molecule has 0 fully saturated rings. The number of nitrogens with one attached hydrogen (secondary N) is 1. The Kier molecular flexibility index (Phi) is 7.43. The molecule has 2 N–H and O–H groups in total. The number of amides is 1. The molecule has 0 aliphatic heterocycles. The van der Waals surface area contributed by atoms with Crippen LogP contribution in [-0.4, -0.2) is 23.5 Å². The smallest absolute Gasteiger partial charge is 0.303 e. The Balaban J connectivity index is 2.20. The molecule has 1 amide bonds. The molecule has 0 aromatic heterocycles. The third-order valence-corrected chi connectivity index (χ3v) is 3.32. The van der Waals surface area contributed by atoms with Crippen molar-refractivity contribution in [2.75, 3.05) is 6.54 Å². The maximum atomic E-state index is 13.0. The molecule has 0 saturated heterocycles. The Morgan fingerprint density at radius 3 is 2.76 bits per heavy atom. The highest BCUT2D eigenvalue weighted by Crippen LogP contribution is 2.11. The molecule has 0 spiro atoms. The van der Waals surface area contributed by atoms with Crippen LogP contribution >= 0.6 is 0 Å². The van der Waals surface area contributed by atoms with Gasteiger partial charge in [-0.15, -0.1) is 0 Å². The molecular formula is C16H22FNO3. The quantitative estimate of drug-likeness (QED) is 0.688. The van der Waals surface area contributed by atoms with Crippen molar-refractivity contribution in [2.45, 2.75) is 39.0 Å². The predicted molar refractivity (Wildman–Crippen MR) is 78.4 cm³/mol. The van der Waals surface area contributed by atoms with Gasteiger partial charge in [0, 0.05) is 18.9 Å². The molecule has 116 valence electrons. The molecule has 0 radical (unpaired) electrons. The summed E-state index contributed by atoms with van der Waals surface area (Å²) in [5, 5.41) is 11.3. The molecular weight excluding hydrogens is 273 g/mol. The van der Waals surface area contributed by atoms with Crippen molar-refractivity contribution in [3.8, 4) is 0 Å². The first-order valence-corrected chi connectivity index (χ1v) is 7.23. The van der Waals surface area contributed by atoms with Crippen LogP contribution in [0.1, 0.15) is 38.2 Å². The van der Waals surface area contributed by atoms with Gasteiger partial charge in [0.25, 0.3) is 0 Å². The Labute approximate surface area is 124 Å². The number of hydrogen-bond donors (Lipinski definition) is 2. The molecule has 21 heavy (non-hydrogen) atoms. The highest BCUT2D eigenvalue weighted by atomic mass is 19.1. The second kappa shape index (κ2) is 9.10. The van der Waals surface area contributed by atoms with Crippen molar-refractivity contribution in [1.82, 2.24) is 5.32 Å². The van der Waals surface area contributed by atoms with Gasteiger partial charge in [0.05, 0.1) is 0 Å². The molecule has 0 aliphatic carbocycles. The molecule has 1 unspecified atom stereocenters. The standard InChI is InChI=1S/C16H22FNO3/c1-12(8-9-13-5-4-6-14(17)11-13)16(21)18-10-3-2-7-15(19)20/h4-6,11-12H,2-3,7-10H2,1H3,(H,18,21)(H,19,20). The van der Waals surface area contributed by atoms with Gasteiger partial charge in [-0.3, -0.25) is 9.59 Å². The maximum Gasteiger partial charge on any atom is 0.303 e. The minimum atomic E-state index is -0.815. The van der Waals surface area contributed by atoms with E-state index in [1.807, 2.05) is 13.0 Å². The van der Waals surface area contributed by atoms with Gasteiger partial charge < -0.3 is 10.4 Å². The zero-order chi connectivity index (χ0) is 15.7. The van der Waals surface area contributed by atoms with Crippen molar-refractivity contribution in [3.63, 3.8) is 0 Å². The van der Waals surface area contributed by atoms with Crippen molar-refractivity contribution in [1.29, 1.82) is 0 Å². The number of unbranched alkanes of at least 4 members (excludes halogenated alkanes) is 1. The van der Waals surface area contributed by atoms with E-state index in [1.54, 1.807) is 6.07 Å². The van der Waals surface area contributed by atoms with Crippen LogP contribution in [0.15, 0.2) is 24.3 Å². The molecule has 1 atom stereocenters. The van der Waals surface area contributed by atoms with E-state index in [1.165, 1.54) is 12.1 Å². The van der Waals surface area contributed by atoms with Gasteiger partial charge >= 0.3 is 5.97 Å². The molecule has 0 aliphatic rings. The number of carboxylic acid groups (broad SMARTS) is 1. The summed E-state index contributed by atoms with van der Waals surface area (Å²) in [5.41, 5.74) is 0.885. The van der Waals surface area contributed by atoms with Crippen LogP contribution in [0.25, 0.3) is 0 Å². The number of aryl methyl sites for hydroxylation is 1. The Morgan fingerprint density at radius 1 is 1.33 bits per heavy atom. The van der Waals surface area contributed by atoms with E-state index in [4.69, 9.17) is 5.11 Å². The lowest BCUT2D eigenvalue weighted by Gasteiger charge is -2.12. The summed E-state index contributed by atoms with van der Waals surface area (Å²) in [5.74, 6) is -1.26. The van der Waals surface area contributed by atoms with Gasteiger partial charge in [-0.1, -0.05) is 19.1 Å². The van der Waals surface area contributed by atoms with Crippen LogP contribution in [-0.2, 0) is 16.0 Å². The van der Waals surface area contributed by atoms with Crippen molar-refractivity contribution >= 4 is 11.9 Å². The van der Waals surface area contributed by atoms with Gasteiger partial charge in [0.15, 0.2) is 0 Å². The minimum Gasteiger partial charge on any atom is -0.481 e. The molecule has 5 heteroatoms. The van der Waals surface area contributed by atoms with Crippen LogP contribution in [0.2, 0.25) is 0 Å². The summed E-state index contributed by atoms with van der Waals surface area (Å²) in [7, 11) is 0. The lowest BCUT2D eigenvalue weighted by molar-refractivity contribution is -0.137. The summed E-state index contributed by atoms with van der Waals surface area (Å²) < 4.78 is 13.0. The largest absolute Gasteiger partial charge is 0.481 e. The van der Waals surface area contributed by atoms with E-state index in [-0.39, 0.29) is 24.1 Å². The SMILES string of the molecule is CC(CCc1cccc(F)c1)C(=O)NCCCCC(=O)O. The lowest BCUT2D eigenvalue weighted by Crippen LogP contribution is -2.30. The third-order valence-electron chi connectivity index (χ3n) is 3.32. The second-order valence-corrected chi connectivity index (χ2v) is 5.21. The molecule has 1 aromatic rings. The average molecular weight is 295 g/mol. The van der Waals surface area contributed by atoms with E-state index in [2.05, 4.69) is 5.32 Å². The molecule has 4 nitrogen and oxygen atoms in total. The van der Waals surface area contributed by atoms with E-state index < -0.39 is 5.97 Å². The zero-order valence-electron chi connectivity index (χ0n) is 12.3. The summed E-state index contributed by atoms with van der Waals surface area (Å²) in [4.78, 5) is 22.2. The fraction of sp³-hybridized carbons (Fsp3) is 0.500. The van der Waals surface area contributed by atoms with Crippen molar-refractivity contribution in [2.24, 2.45) is 5.92 Å². The second-order valence-electron chi connectivity index (χ2n) is 5.21. The summed E-state index contributed by atoms with van der Waals surface area (Å²) >= 11 is 0. The van der Waals surface area contributed by atoms with Gasteiger partial charge in [-0.05, 0) is 43.4 Å². The van der Waals surface area contributed by atoms with Crippen LogP contribution < -0.4 is 5.32 Å². The van der Waals surface area contributed by atoms with Gasteiger partial charge in [-0.25, -0.2) is 4.39 Å². The number of carboxylic acids is 1. The van der Waals surface area contributed by atoms with Gasteiger partial charge in [0.2, 0.25) is 5.91 Å². The lowest BCUT2D eigenvalue weighted by atomic mass is 10.0. The fourth-order valence-corrected chi connectivity index (χ4v) is 1.99. The normalized spacial score (nSPS) is 11.9. The third kappa shape index (κ3) is 7.44. The first-order valence-electron chi connectivity index (χ1n) is 7.23. The van der Waals surface area contributed by atoms with E-state index in [0.717, 1.165) is 5.56 Å². The van der Waals surface area contributed by atoms with E-state index in [9.17, 15) is 14.0 Å². The van der Waals surface area contributed by atoms with Crippen LogP contribution in [0, 0.1) is 11.7 Å². The summed E-state index contributed by atoms with van der Waals surface area (Å²) in [6, 6.07) is 6.39. The summed E-state index contributed by atoms with van der Waals surface area (Å²) in [6.07, 6.45) is 2.67.